The summed E-state index contributed by atoms with van der Waals surface area (Å²) in [6, 6.07) is 10.3. The Morgan fingerprint density at radius 1 is 1.20 bits per heavy atom. The lowest BCUT2D eigenvalue weighted by Gasteiger charge is -2.07. The zero-order chi connectivity index (χ0) is 14.5. The molecule has 0 saturated heterocycles. The van der Waals surface area contributed by atoms with Gasteiger partial charge in [-0.1, -0.05) is 12.1 Å². The van der Waals surface area contributed by atoms with E-state index in [1.807, 2.05) is 12.1 Å². The molecule has 0 atom stereocenters. The number of benzene rings is 2. The summed E-state index contributed by atoms with van der Waals surface area (Å²) in [7, 11) is 0. The summed E-state index contributed by atoms with van der Waals surface area (Å²) in [5.74, 6) is -0.370. The third-order valence-electron chi connectivity index (χ3n) is 2.71. The number of nitro groups is 1. The van der Waals surface area contributed by atoms with Crippen LogP contribution >= 0.6 is 0 Å². The Hall–Kier alpha value is -2.47. The normalized spacial score (nSPS) is 10.3. The predicted molar refractivity (Wildman–Crippen MR) is 72.3 cm³/mol. The molecule has 0 spiro atoms. The molecule has 0 aliphatic carbocycles. The minimum Gasteiger partial charge on any atom is -0.454 e. The fourth-order valence-corrected chi connectivity index (χ4v) is 1.70. The molecule has 0 unspecified atom stereocenters. The summed E-state index contributed by atoms with van der Waals surface area (Å²) >= 11 is 0. The molecule has 2 aromatic carbocycles. The van der Waals surface area contributed by atoms with Crippen molar-refractivity contribution in [1.82, 2.24) is 0 Å². The minimum absolute atomic E-state index is 0.0535. The molecule has 0 aliphatic rings. The Kier molecular flexibility index (Phi) is 4.27. The van der Waals surface area contributed by atoms with Gasteiger partial charge < -0.3 is 10.5 Å². The van der Waals surface area contributed by atoms with Gasteiger partial charge in [0.15, 0.2) is 11.6 Å². The maximum Gasteiger partial charge on any atom is 0.272 e. The molecular formula is C14H13FN2O3. The smallest absolute Gasteiger partial charge is 0.272 e. The summed E-state index contributed by atoms with van der Waals surface area (Å²) in [5.41, 5.74) is 6.19. The highest BCUT2D eigenvalue weighted by molar-refractivity contribution is 5.40. The van der Waals surface area contributed by atoms with E-state index in [0.717, 1.165) is 18.1 Å². The van der Waals surface area contributed by atoms with Gasteiger partial charge in [-0.15, -0.1) is 0 Å². The van der Waals surface area contributed by atoms with Gasteiger partial charge in [-0.25, -0.2) is 4.39 Å². The van der Waals surface area contributed by atoms with Crippen molar-refractivity contribution in [2.24, 2.45) is 5.73 Å². The van der Waals surface area contributed by atoms with E-state index in [-0.39, 0.29) is 11.4 Å². The van der Waals surface area contributed by atoms with Crippen LogP contribution in [0.5, 0.6) is 11.5 Å². The molecule has 6 heteroatoms. The zero-order valence-electron chi connectivity index (χ0n) is 10.6. The van der Waals surface area contributed by atoms with E-state index in [0.29, 0.717) is 12.3 Å². The van der Waals surface area contributed by atoms with E-state index in [2.05, 4.69) is 0 Å². The summed E-state index contributed by atoms with van der Waals surface area (Å²) in [6.45, 7) is 0.553. The second-order valence-corrected chi connectivity index (χ2v) is 4.16. The highest BCUT2D eigenvalue weighted by atomic mass is 19.1. The van der Waals surface area contributed by atoms with E-state index >= 15 is 0 Å². The van der Waals surface area contributed by atoms with Crippen LogP contribution in [0.2, 0.25) is 0 Å². The lowest BCUT2D eigenvalue weighted by Crippen LogP contribution is -2.02. The number of non-ortho nitro benzene ring substituents is 1. The molecule has 104 valence electrons. The molecule has 5 nitrogen and oxygen atoms in total. The van der Waals surface area contributed by atoms with Crippen LogP contribution in [-0.2, 0) is 6.42 Å². The van der Waals surface area contributed by atoms with Crippen molar-refractivity contribution in [2.75, 3.05) is 6.54 Å². The predicted octanol–water partition coefficient (Wildman–Crippen LogP) is 3.03. The topological polar surface area (TPSA) is 78.4 Å². The summed E-state index contributed by atoms with van der Waals surface area (Å²) < 4.78 is 19.0. The Balaban J connectivity index is 2.15. The highest BCUT2D eigenvalue weighted by Crippen LogP contribution is 2.27. The van der Waals surface area contributed by atoms with Gasteiger partial charge in [0.1, 0.15) is 5.75 Å². The van der Waals surface area contributed by atoms with Crippen molar-refractivity contribution in [3.05, 3.63) is 64.0 Å². The van der Waals surface area contributed by atoms with Crippen molar-refractivity contribution < 1.29 is 14.1 Å². The number of hydrogen-bond donors (Lipinski definition) is 1. The Labute approximate surface area is 114 Å². The molecule has 0 aliphatic heterocycles. The number of rotatable bonds is 5. The monoisotopic (exact) mass is 276 g/mol. The third kappa shape index (κ3) is 3.30. The largest absolute Gasteiger partial charge is 0.454 e. The van der Waals surface area contributed by atoms with Crippen molar-refractivity contribution in [3.63, 3.8) is 0 Å². The van der Waals surface area contributed by atoms with Crippen LogP contribution in [0, 0.1) is 15.9 Å². The third-order valence-corrected chi connectivity index (χ3v) is 2.71. The molecule has 0 bridgehead atoms. The second kappa shape index (κ2) is 6.12. The number of ether oxygens (including phenoxy) is 1. The maximum absolute atomic E-state index is 13.7. The molecule has 2 rings (SSSR count). The van der Waals surface area contributed by atoms with Crippen molar-refractivity contribution in [2.45, 2.75) is 6.42 Å². The number of halogens is 1. The van der Waals surface area contributed by atoms with Gasteiger partial charge in [-0.2, -0.15) is 0 Å². The molecule has 2 aromatic rings. The van der Waals surface area contributed by atoms with Gasteiger partial charge in [0.25, 0.3) is 5.69 Å². The van der Waals surface area contributed by atoms with Crippen LogP contribution in [0.3, 0.4) is 0 Å². The molecule has 0 radical (unpaired) electrons. The minimum atomic E-state index is -0.773. The quantitative estimate of drug-likeness (QED) is 0.672. The lowest BCUT2D eigenvalue weighted by atomic mass is 10.1. The van der Waals surface area contributed by atoms with E-state index in [1.165, 1.54) is 12.1 Å². The first-order chi connectivity index (χ1) is 9.60. The molecule has 0 fully saturated rings. The van der Waals surface area contributed by atoms with E-state index in [1.54, 1.807) is 12.1 Å². The standard InChI is InChI=1S/C14H13FN2O3/c15-13-9-11(17(18)19)3-6-14(13)20-12-4-1-10(2-5-12)7-8-16/h1-6,9H,7-8,16H2. The van der Waals surface area contributed by atoms with Crippen LogP contribution in [0.1, 0.15) is 5.56 Å². The first-order valence-electron chi connectivity index (χ1n) is 6.01. The molecule has 0 heterocycles. The van der Waals surface area contributed by atoms with E-state index in [4.69, 9.17) is 10.5 Å². The number of nitrogens with zero attached hydrogens (tertiary/aromatic N) is 1. The maximum atomic E-state index is 13.7. The van der Waals surface area contributed by atoms with E-state index in [9.17, 15) is 14.5 Å². The first-order valence-corrected chi connectivity index (χ1v) is 6.01. The van der Waals surface area contributed by atoms with Gasteiger partial charge in [0, 0.05) is 6.07 Å². The van der Waals surface area contributed by atoms with Gasteiger partial charge >= 0.3 is 0 Å². The summed E-state index contributed by atoms with van der Waals surface area (Å²) in [6.07, 6.45) is 0.756. The second-order valence-electron chi connectivity index (χ2n) is 4.16. The lowest BCUT2D eigenvalue weighted by molar-refractivity contribution is -0.385. The van der Waals surface area contributed by atoms with Crippen LogP contribution < -0.4 is 10.5 Å². The highest BCUT2D eigenvalue weighted by Gasteiger charge is 2.12. The van der Waals surface area contributed by atoms with Gasteiger partial charge in [0.2, 0.25) is 0 Å². The number of nitrogens with two attached hydrogens (primary N) is 1. The molecule has 2 N–H and O–H groups in total. The number of hydrogen-bond acceptors (Lipinski definition) is 4. The fraction of sp³-hybridized carbons (Fsp3) is 0.143. The molecule has 0 amide bonds. The Morgan fingerprint density at radius 3 is 2.45 bits per heavy atom. The molecular weight excluding hydrogens is 263 g/mol. The summed E-state index contributed by atoms with van der Waals surface area (Å²) in [5, 5.41) is 10.5. The zero-order valence-corrected chi connectivity index (χ0v) is 10.6. The average Bonchev–Trinajstić information content (AvgIpc) is 2.43. The van der Waals surface area contributed by atoms with Crippen molar-refractivity contribution in [1.29, 1.82) is 0 Å². The van der Waals surface area contributed by atoms with E-state index < -0.39 is 10.7 Å². The van der Waals surface area contributed by atoms with Crippen LogP contribution in [0.15, 0.2) is 42.5 Å². The van der Waals surface area contributed by atoms with Gasteiger partial charge in [-0.3, -0.25) is 10.1 Å². The number of nitro benzene ring substituents is 1. The fourth-order valence-electron chi connectivity index (χ4n) is 1.70. The van der Waals surface area contributed by atoms with Gasteiger partial charge in [0.05, 0.1) is 11.0 Å². The Bertz CT molecular complexity index is 614. The average molecular weight is 276 g/mol. The SMILES string of the molecule is NCCc1ccc(Oc2ccc([N+](=O)[O-])cc2F)cc1. The summed E-state index contributed by atoms with van der Waals surface area (Å²) in [4.78, 5) is 9.85. The van der Waals surface area contributed by atoms with Crippen molar-refractivity contribution >= 4 is 5.69 Å². The van der Waals surface area contributed by atoms with Crippen LogP contribution in [-0.4, -0.2) is 11.5 Å². The van der Waals surface area contributed by atoms with Crippen molar-refractivity contribution in [3.8, 4) is 11.5 Å². The molecule has 0 aromatic heterocycles. The van der Waals surface area contributed by atoms with Gasteiger partial charge in [-0.05, 0) is 36.7 Å². The molecule has 20 heavy (non-hydrogen) atoms. The Morgan fingerprint density at radius 2 is 1.90 bits per heavy atom. The molecule has 0 saturated carbocycles. The van der Waals surface area contributed by atoms with Crippen LogP contribution in [0.25, 0.3) is 0 Å². The first kappa shape index (κ1) is 14.0. The van der Waals surface area contributed by atoms with Crippen LogP contribution in [0.4, 0.5) is 10.1 Å².